The van der Waals surface area contributed by atoms with Crippen molar-refractivity contribution in [2.75, 3.05) is 27.5 Å². The van der Waals surface area contributed by atoms with Crippen LogP contribution in [0.5, 0.6) is 17.2 Å². The number of hydrogen-bond donors (Lipinski definition) is 0. The van der Waals surface area contributed by atoms with Gasteiger partial charge >= 0.3 is 12.4 Å². The summed E-state index contributed by atoms with van der Waals surface area (Å²) >= 11 is 0. The van der Waals surface area contributed by atoms with Crippen molar-refractivity contribution in [3.05, 3.63) is 52.6 Å². The molecule has 0 bridgehead atoms. The number of carbonyl (C=O) groups excluding carboxylic acids is 2. The van der Waals surface area contributed by atoms with Crippen molar-refractivity contribution in [3.8, 4) is 17.2 Å². The fourth-order valence-corrected chi connectivity index (χ4v) is 7.35. The first-order valence-corrected chi connectivity index (χ1v) is 13.9. The number of methoxy groups -OCH3 is 3. The highest BCUT2D eigenvalue weighted by atomic mass is 31.2. The van der Waals surface area contributed by atoms with Gasteiger partial charge in [-0.2, -0.15) is 26.3 Å². The molecule has 0 aliphatic carbocycles. The van der Waals surface area contributed by atoms with Crippen LogP contribution in [-0.4, -0.2) is 38.5 Å². The van der Waals surface area contributed by atoms with Crippen LogP contribution in [-0.2, 0) is 16.9 Å². The van der Waals surface area contributed by atoms with E-state index in [9.17, 15) is 40.5 Å². The van der Waals surface area contributed by atoms with Crippen LogP contribution >= 0.6 is 7.14 Å². The molecular weight excluding hydrogens is 565 g/mol. The molecule has 0 spiro atoms. The van der Waals surface area contributed by atoms with Crippen LogP contribution in [0.4, 0.5) is 26.3 Å². The van der Waals surface area contributed by atoms with E-state index in [1.807, 2.05) is 0 Å². The summed E-state index contributed by atoms with van der Waals surface area (Å²) < 4.78 is 114. The van der Waals surface area contributed by atoms with Gasteiger partial charge in [-0.1, -0.05) is 33.8 Å². The van der Waals surface area contributed by atoms with E-state index >= 15 is 0 Å². The van der Waals surface area contributed by atoms with Gasteiger partial charge in [0.25, 0.3) is 0 Å². The topological polar surface area (TPSA) is 78.9 Å². The van der Waals surface area contributed by atoms with E-state index in [0.717, 1.165) is 14.2 Å². The summed E-state index contributed by atoms with van der Waals surface area (Å²) in [7, 11) is -1.73. The highest BCUT2D eigenvalue weighted by Crippen LogP contribution is 2.58. The fourth-order valence-electron chi connectivity index (χ4n) is 4.64. The lowest BCUT2D eigenvalue weighted by atomic mass is 9.86. The van der Waals surface area contributed by atoms with E-state index in [1.165, 1.54) is 26.2 Å². The molecule has 0 aliphatic heterocycles. The van der Waals surface area contributed by atoms with Crippen molar-refractivity contribution in [3.63, 3.8) is 0 Å². The molecule has 0 aromatic heterocycles. The third kappa shape index (κ3) is 7.19. The molecule has 2 aromatic rings. The number of benzene rings is 2. The molecular formula is C27H31F6O6P. The minimum Gasteiger partial charge on any atom is -0.496 e. The third-order valence-electron chi connectivity index (χ3n) is 6.00. The molecule has 2 atom stereocenters. The Morgan fingerprint density at radius 2 is 1.23 bits per heavy atom. The first-order valence-electron chi connectivity index (χ1n) is 12.0. The van der Waals surface area contributed by atoms with E-state index in [1.54, 1.807) is 20.8 Å². The lowest BCUT2D eigenvalue weighted by Crippen LogP contribution is -2.25. The Bertz CT molecular complexity index is 1250. The minimum atomic E-state index is -5.42. The number of alkyl halides is 6. The average Bonchev–Trinajstić information content (AvgIpc) is 2.83. The minimum absolute atomic E-state index is 0.120. The molecule has 2 unspecified atom stereocenters. The van der Waals surface area contributed by atoms with Gasteiger partial charge in [0.15, 0.2) is 0 Å². The second-order valence-electron chi connectivity index (χ2n) is 10.5. The van der Waals surface area contributed by atoms with E-state index in [4.69, 9.17) is 14.2 Å². The Labute approximate surface area is 228 Å². The van der Waals surface area contributed by atoms with Gasteiger partial charge in [-0.25, -0.2) is 0 Å². The Morgan fingerprint density at radius 1 is 0.800 bits per heavy atom. The van der Waals surface area contributed by atoms with Crippen LogP contribution in [0, 0.1) is 11.3 Å². The molecule has 13 heteroatoms. The molecule has 2 rings (SSSR count). The lowest BCUT2D eigenvalue weighted by molar-refractivity contribution is -0.143. The third-order valence-corrected chi connectivity index (χ3v) is 8.90. The normalized spacial score (nSPS) is 14.7. The standard InChI is InChI=1S/C27H31F6O6P/c1-15(13-25(2,3)4)14-40(36,24(35)22-19(38-6)11-16(37-5)12-20(22)39-7)23(34)21-17(26(28,29)30)9-8-10-18(21)27(31,32)33/h8-12,15H,13-14H2,1-7H3. The monoisotopic (exact) mass is 596 g/mol. The molecule has 0 fully saturated rings. The number of rotatable bonds is 10. The van der Waals surface area contributed by atoms with Crippen LogP contribution < -0.4 is 14.2 Å². The maximum absolute atomic E-state index is 14.6. The molecule has 222 valence electrons. The molecule has 0 aliphatic rings. The molecule has 0 saturated carbocycles. The first-order chi connectivity index (χ1) is 18.2. The SMILES string of the molecule is COc1cc(OC)c(C(=O)P(=O)(CC(C)CC(C)(C)C)C(=O)c2c(C(F)(F)F)cccc2C(F)(F)F)c(OC)c1. The molecule has 0 radical (unpaired) electrons. The van der Waals surface area contributed by atoms with Gasteiger partial charge in [0.2, 0.25) is 18.2 Å². The summed E-state index contributed by atoms with van der Waals surface area (Å²) in [6.07, 6.45) is -11.4. The summed E-state index contributed by atoms with van der Waals surface area (Å²) in [6, 6.07) is 3.43. The van der Waals surface area contributed by atoms with E-state index in [-0.39, 0.29) is 35.8 Å². The van der Waals surface area contributed by atoms with E-state index in [0.29, 0.717) is 6.07 Å². The van der Waals surface area contributed by atoms with Gasteiger partial charge in [0.05, 0.1) is 38.0 Å². The fraction of sp³-hybridized carbons (Fsp3) is 0.481. The van der Waals surface area contributed by atoms with Crippen molar-refractivity contribution in [1.29, 1.82) is 0 Å². The summed E-state index contributed by atoms with van der Waals surface area (Å²) in [5.74, 6) is -1.19. The highest BCUT2D eigenvalue weighted by molar-refractivity contribution is 7.95. The highest BCUT2D eigenvalue weighted by Gasteiger charge is 2.51. The Hall–Kier alpha value is -3.01. The molecule has 2 aromatic carbocycles. The van der Waals surface area contributed by atoms with Gasteiger partial charge in [-0.15, -0.1) is 0 Å². The predicted octanol–water partition coefficient (Wildman–Crippen LogP) is 8.17. The van der Waals surface area contributed by atoms with Gasteiger partial charge in [0.1, 0.15) is 22.8 Å². The van der Waals surface area contributed by atoms with Crippen LogP contribution in [0.2, 0.25) is 0 Å². The molecule has 0 N–H and O–H groups in total. The van der Waals surface area contributed by atoms with Gasteiger partial charge in [0, 0.05) is 18.3 Å². The summed E-state index contributed by atoms with van der Waals surface area (Å²) in [5, 5.41) is 0. The van der Waals surface area contributed by atoms with Crippen LogP contribution in [0.3, 0.4) is 0 Å². The quantitative estimate of drug-likeness (QED) is 0.203. The molecule has 40 heavy (non-hydrogen) atoms. The maximum atomic E-state index is 14.6. The van der Waals surface area contributed by atoms with Crippen molar-refractivity contribution in [1.82, 2.24) is 0 Å². The Morgan fingerprint density at radius 3 is 1.57 bits per heavy atom. The molecule has 0 amide bonds. The van der Waals surface area contributed by atoms with Gasteiger partial charge < -0.3 is 18.8 Å². The zero-order valence-corrected chi connectivity index (χ0v) is 23.9. The molecule has 6 nitrogen and oxygen atoms in total. The Balaban J connectivity index is 2.97. The number of carbonyl (C=O) groups is 2. The van der Waals surface area contributed by atoms with Gasteiger partial charge in [-0.3, -0.25) is 9.59 Å². The second kappa shape index (κ2) is 11.8. The number of hydrogen-bond acceptors (Lipinski definition) is 6. The predicted molar refractivity (Wildman–Crippen MR) is 137 cm³/mol. The average molecular weight is 597 g/mol. The van der Waals surface area contributed by atoms with E-state index < -0.39 is 70.3 Å². The van der Waals surface area contributed by atoms with Crippen molar-refractivity contribution >= 4 is 18.2 Å². The lowest BCUT2D eigenvalue weighted by Gasteiger charge is -2.28. The molecule has 0 heterocycles. The second-order valence-corrected chi connectivity index (χ2v) is 13.2. The largest absolute Gasteiger partial charge is 0.496 e. The summed E-state index contributed by atoms with van der Waals surface area (Å²) in [5.41, 5.74) is -10.3. The molecule has 0 saturated heterocycles. The number of halogens is 6. The Kier molecular flexibility index (Phi) is 9.83. The van der Waals surface area contributed by atoms with Crippen molar-refractivity contribution < 1.29 is 54.7 Å². The van der Waals surface area contributed by atoms with Crippen molar-refractivity contribution in [2.45, 2.75) is 46.5 Å². The van der Waals surface area contributed by atoms with Crippen LogP contribution in [0.25, 0.3) is 0 Å². The maximum Gasteiger partial charge on any atom is 0.417 e. The smallest absolute Gasteiger partial charge is 0.417 e. The van der Waals surface area contributed by atoms with Crippen LogP contribution in [0.15, 0.2) is 30.3 Å². The summed E-state index contributed by atoms with van der Waals surface area (Å²) in [6.45, 7) is 6.91. The zero-order chi connectivity index (χ0) is 30.8. The van der Waals surface area contributed by atoms with Gasteiger partial charge in [-0.05, 0) is 29.9 Å². The summed E-state index contributed by atoms with van der Waals surface area (Å²) in [4.78, 5) is 27.9. The van der Waals surface area contributed by atoms with Crippen LogP contribution in [0.1, 0.15) is 66.0 Å². The first kappa shape index (κ1) is 33.2. The van der Waals surface area contributed by atoms with E-state index in [2.05, 4.69) is 0 Å². The van der Waals surface area contributed by atoms with Crippen molar-refractivity contribution in [2.24, 2.45) is 11.3 Å². The zero-order valence-electron chi connectivity index (χ0n) is 23.0. The number of ether oxygens (including phenoxy) is 3.